The van der Waals surface area contributed by atoms with E-state index in [4.69, 9.17) is 0 Å². The van der Waals surface area contributed by atoms with Gasteiger partial charge in [-0.2, -0.15) is 0 Å². The average molecular weight is 363 g/mol. The van der Waals surface area contributed by atoms with Gasteiger partial charge in [0.25, 0.3) is 5.91 Å². The van der Waals surface area contributed by atoms with Gasteiger partial charge in [-0.15, -0.1) is 10.2 Å². The van der Waals surface area contributed by atoms with Crippen LogP contribution in [0.5, 0.6) is 0 Å². The van der Waals surface area contributed by atoms with Gasteiger partial charge in [-0.3, -0.25) is 14.0 Å². The summed E-state index contributed by atoms with van der Waals surface area (Å²) in [5.41, 5.74) is 3.76. The lowest BCUT2D eigenvalue weighted by atomic mass is 9.93. The quantitative estimate of drug-likeness (QED) is 0.759. The molecule has 0 saturated carbocycles. The fourth-order valence-corrected chi connectivity index (χ4v) is 4.50. The Morgan fingerprint density at radius 1 is 1.22 bits per heavy atom. The molecule has 1 aliphatic carbocycles. The predicted molar refractivity (Wildman–Crippen MR) is 98.8 cm³/mol. The van der Waals surface area contributed by atoms with Crippen molar-refractivity contribution < 1.29 is 9.59 Å². The smallest absolute Gasteiger partial charge is 0.271 e. The van der Waals surface area contributed by atoms with E-state index >= 15 is 0 Å². The summed E-state index contributed by atoms with van der Waals surface area (Å²) >= 11 is 0. The Bertz CT molecular complexity index is 1060. The molecule has 0 radical (unpaired) electrons. The molecule has 1 amide bonds. The van der Waals surface area contributed by atoms with Crippen LogP contribution in [0.2, 0.25) is 0 Å². The lowest BCUT2D eigenvalue weighted by Crippen LogP contribution is -2.32. The number of hydrogen-bond acceptors (Lipinski definition) is 4. The number of hydrogen-bond donors (Lipinski definition) is 1. The number of aromatic amines is 1. The number of nitrogens with zero attached hydrogens (tertiary/aromatic N) is 4. The molecule has 4 heterocycles. The average Bonchev–Trinajstić information content (AvgIpc) is 3.38. The maximum Gasteiger partial charge on any atom is 0.271 e. The molecule has 1 unspecified atom stereocenters. The molecular formula is C20H21N5O2. The Kier molecular flexibility index (Phi) is 3.63. The number of aryl methyl sites for hydroxylation is 1. The lowest BCUT2D eigenvalue weighted by Gasteiger charge is -2.23. The van der Waals surface area contributed by atoms with Gasteiger partial charge in [0.1, 0.15) is 5.69 Å². The van der Waals surface area contributed by atoms with Crippen LogP contribution < -0.4 is 0 Å². The van der Waals surface area contributed by atoms with E-state index in [2.05, 4.69) is 15.2 Å². The molecule has 27 heavy (non-hydrogen) atoms. The number of rotatable bonds is 2. The highest BCUT2D eigenvalue weighted by atomic mass is 16.2. The highest BCUT2D eigenvalue weighted by Crippen LogP contribution is 2.34. The van der Waals surface area contributed by atoms with Crippen molar-refractivity contribution in [2.75, 3.05) is 6.54 Å². The van der Waals surface area contributed by atoms with Gasteiger partial charge in [-0.05, 0) is 50.3 Å². The topological polar surface area (TPSA) is 83.4 Å². The van der Waals surface area contributed by atoms with E-state index in [-0.39, 0.29) is 17.7 Å². The highest BCUT2D eigenvalue weighted by Gasteiger charge is 2.36. The SMILES string of the molecule is Cc1c(C(=O)N2CCCC2c2nnc3ccccn23)[nH]c2c1C(=O)CCC2. The van der Waals surface area contributed by atoms with Gasteiger partial charge in [0.05, 0.1) is 6.04 Å². The molecule has 2 aliphatic rings. The van der Waals surface area contributed by atoms with Crippen LogP contribution in [-0.4, -0.2) is 42.7 Å². The number of carbonyl (C=O) groups excluding carboxylic acids is 2. The minimum absolute atomic E-state index is 0.0510. The number of aromatic nitrogens is 4. The number of pyridine rings is 1. The first kappa shape index (κ1) is 16.2. The standard InChI is InChI=1S/C20H21N5O2/c1-12-17-13(6-4-8-15(17)26)21-18(12)20(27)24-11-5-7-14(24)19-23-22-16-9-2-3-10-25(16)19/h2-3,9-10,14,21H,4-8,11H2,1H3. The second-order valence-corrected chi connectivity index (χ2v) is 7.40. The van der Waals surface area contributed by atoms with Gasteiger partial charge in [0, 0.05) is 30.4 Å². The minimum atomic E-state index is -0.106. The summed E-state index contributed by atoms with van der Waals surface area (Å²) in [6.07, 6.45) is 5.96. The van der Waals surface area contributed by atoms with Crippen LogP contribution in [0.3, 0.4) is 0 Å². The van der Waals surface area contributed by atoms with Gasteiger partial charge in [-0.1, -0.05) is 6.07 Å². The molecule has 1 N–H and O–H groups in total. The molecule has 138 valence electrons. The van der Waals surface area contributed by atoms with Crippen LogP contribution in [0.25, 0.3) is 5.65 Å². The van der Waals surface area contributed by atoms with Gasteiger partial charge in [0.2, 0.25) is 0 Å². The predicted octanol–water partition coefficient (Wildman–Crippen LogP) is 2.86. The Labute approximate surface area is 156 Å². The maximum absolute atomic E-state index is 13.4. The largest absolute Gasteiger partial charge is 0.354 e. The van der Waals surface area contributed by atoms with Crippen molar-refractivity contribution in [1.29, 1.82) is 0 Å². The zero-order chi connectivity index (χ0) is 18.5. The van der Waals surface area contributed by atoms with Crippen LogP contribution in [-0.2, 0) is 6.42 Å². The van der Waals surface area contributed by atoms with E-state index in [1.165, 1.54) is 0 Å². The van der Waals surface area contributed by atoms with Crippen molar-refractivity contribution in [3.63, 3.8) is 0 Å². The molecule has 1 aliphatic heterocycles. The number of carbonyl (C=O) groups is 2. The summed E-state index contributed by atoms with van der Waals surface area (Å²) in [6, 6.07) is 5.67. The molecule has 5 rings (SSSR count). The molecule has 1 fully saturated rings. The third kappa shape index (κ3) is 2.41. The number of nitrogens with one attached hydrogen (secondary N) is 1. The molecule has 7 nitrogen and oxygen atoms in total. The third-order valence-corrected chi connectivity index (χ3v) is 5.80. The Balaban J connectivity index is 1.52. The van der Waals surface area contributed by atoms with Crippen molar-refractivity contribution >= 4 is 17.3 Å². The Hall–Kier alpha value is -2.96. The van der Waals surface area contributed by atoms with Gasteiger partial charge in [-0.25, -0.2) is 0 Å². The first-order chi connectivity index (χ1) is 13.1. The molecule has 1 atom stereocenters. The number of ketones is 1. The third-order valence-electron chi connectivity index (χ3n) is 5.80. The maximum atomic E-state index is 13.4. The zero-order valence-electron chi connectivity index (χ0n) is 15.2. The van der Waals surface area contributed by atoms with Crippen molar-refractivity contribution in [3.05, 3.63) is 52.7 Å². The number of Topliss-reactive ketones (excluding diaryl/α,β-unsaturated/α-hetero) is 1. The molecule has 1 saturated heterocycles. The van der Waals surface area contributed by atoms with Crippen LogP contribution in [0, 0.1) is 6.92 Å². The molecule has 7 heteroatoms. The van der Waals surface area contributed by atoms with Crippen molar-refractivity contribution in [1.82, 2.24) is 24.5 Å². The number of amides is 1. The number of fused-ring (bicyclic) bond motifs is 2. The van der Waals surface area contributed by atoms with E-state index in [1.54, 1.807) is 0 Å². The van der Waals surface area contributed by atoms with E-state index in [0.717, 1.165) is 54.0 Å². The second-order valence-electron chi connectivity index (χ2n) is 7.40. The summed E-state index contributed by atoms with van der Waals surface area (Å²) in [5, 5.41) is 8.59. The van der Waals surface area contributed by atoms with Gasteiger partial charge in [0.15, 0.2) is 17.3 Å². The molecule has 3 aromatic rings. The van der Waals surface area contributed by atoms with Crippen molar-refractivity contribution in [2.45, 2.75) is 45.1 Å². The first-order valence-electron chi connectivity index (χ1n) is 9.50. The highest BCUT2D eigenvalue weighted by molar-refractivity contribution is 6.04. The van der Waals surface area contributed by atoms with E-state index in [9.17, 15) is 9.59 Å². The van der Waals surface area contributed by atoms with Crippen LogP contribution >= 0.6 is 0 Å². The summed E-state index contributed by atoms with van der Waals surface area (Å²) < 4.78 is 1.95. The monoisotopic (exact) mass is 363 g/mol. The van der Waals surface area contributed by atoms with Gasteiger partial charge < -0.3 is 9.88 Å². The fourth-order valence-electron chi connectivity index (χ4n) is 4.50. The van der Waals surface area contributed by atoms with E-state index < -0.39 is 0 Å². The molecule has 0 spiro atoms. The summed E-state index contributed by atoms with van der Waals surface area (Å²) in [6.45, 7) is 2.56. The summed E-state index contributed by atoms with van der Waals surface area (Å²) in [5.74, 6) is 0.886. The van der Waals surface area contributed by atoms with Crippen molar-refractivity contribution in [2.24, 2.45) is 0 Å². The number of likely N-dealkylation sites (tertiary alicyclic amines) is 1. The zero-order valence-corrected chi connectivity index (χ0v) is 15.2. The molecule has 3 aromatic heterocycles. The van der Waals surface area contributed by atoms with Crippen molar-refractivity contribution in [3.8, 4) is 0 Å². The molecule has 0 bridgehead atoms. The first-order valence-corrected chi connectivity index (χ1v) is 9.50. The summed E-state index contributed by atoms with van der Waals surface area (Å²) in [4.78, 5) is 30.8. The van der Waals surface area contributed by atoms with Crippen LogP contribution in [0.1, 0.15) is 69.7 Å². The van der Waals surface area contributed by atoms with E-state index in [0.29, 0.717) is 18.7 Å². The minimum Gasteiger partial charge on any atom is -0.354 e. The summed E-state index contributed by atoms with van der Waals surface area (Å²) in [7, 11) is 0. The molecule has 0 aromatic carbocycles. The van der Waals surface area contributed by atoms with Gasteiger partial charge >= 0.3 is 0 Å². The lowest BCUT2D eigenvalue weighted by molar-refractivity contribution is 0.0723. The molecular weight excluding hydrogens is 342 g/mol. The fraction of sp³-hybridized carbons (Fsp3) is 0.400. The van der Waals surface area contributed by atoms with Crippen LogP contribution in [0.4, 0.5) is 0 Å². The Morgan fingerprint density at radius 2 is 2.11 bits per heavy atom. The van der Waals surface area contributed by atoms with E-state index in [1.807, 2.05) is 40.6 Å². The Morgan fingerprint density at radius 3 is 2.96 bits per heavy atom. The van der Waals surface area contributed by atoms with Crippen LogP contribution in [0.15, 0.2) is 24.4 Å². The second kappa shape index (κ2) is 6.04. The number of H-pyrrole nitrogens is 1. The normalized spacial score (nSPS) is 19.7.